The summed E-state index contributed by atoms with van der Waals surface area (Å²) < 4.78 is 13.3. The number of aliphatic carboxylic acids is 1. The zero-order valence-electron chi connectivity index (χ0n) is 6.17. The third-order valence-electron chi connectivity index (χ3n) is 0.966. The quantitative estimate of drug-likeness (QED) is 0.351. The summed E-state index contributed by atoms with van der Waals surface area (Å²) in [6, 6.07) is -1.99. The first kappa shape index (κ1) is 12.2. The summed E-state index contributed by atoms with van der Waals surface area (Å²) in [6.07, 6.45) is 0. The summed E-state index contributed by atoms with van der Waals surface area (Å²) in [5.74, 6) is -3.13. The van der Waals surface area contributed by atoms with Crippen LogP contribution in [0.1, 0.15) is 0 Å². The fourth-order valence-corrected chi connectivity index (χ4v) is 0.649. The minimum absolute atomic E-state index is 1.20. The fraction of sp³-hybridized carbons (Fsp3) is 0.500. The highest BCUT2D eigenvalue weighted by atomic mass is 31.2. The Labute approximate surface area is 72.5 Å². The molecule has 0 aliphatic heterocycles. The molecule has 0 amide bonds. The third-order valence-corrected chi connectivity index (χ3v) is 1.41. The summed E-state index contributed by atoms with van der Waals surface area (Å²) in [5.41, 5.74) is 4.70. The van der Waals surface area contributed by atoms with Gasteiger partial charge in [-0.15, -0.1) is 0 Å². The van der Waals surface area contributed by atoms with Crippen molar-refractivity contribution in [1.82, 2.24) is 0 Å². The van der Waals surface area contributed by atoms with Crippen LogP contribution in [-0.4, -0.2) is 24.4 Å². The molecule has 1 atom stereocenters. The number of ketones is 1. The number of hydrogen-bond donors (Lipinski definition) is 1. The van der Waals surface area contributed by atoms with Gasteiger partial charge >= 0.3 is 0 Å². The smallest absolute Gasteiger partial charge is 0.181 e. The summed E-state index contributed by atoms with van der Waals surface area (Å²) in [7, 11) is -5.28. The summed E-state index contributed by atoms with van der Waals surface area (Å²) in [6.45, 7) is -1.20. The molecule has 0 saturated heterocycles. The van der Waals surface area contributed by atoms with E-state index >= 15 is 0 Å². The van der Waals surface area contributed by atoms with E-state index in [1.165, 1.54) is 0 Å². The Kier molecular flexibility index (Phi) is 4.18. The maximum atomic E-state index is 10.6. The number of Topliss-reactive ketones (excluding diaryl/α,β-unsaturated/α-hetero) is 1. The van der Waals surface area contributed by atoms with E-state index in [2.05, 4.69) is 4.52 Å². The number of carbonyl (C=O) groups excluding carboxylic acids is 2. The molecule has 76 valence electrons. The van der Waals surface area contributed by atoms with Crippen molar-refractivity contribution < 1.29 is 33.6 Å². The predicted molar refractivity (Wildman–Crippen MR) is 31.5 cm³/mol. The molecule has 0 bridgehead atoms. The second-order valence-corrected chi connectivity index (χ2v) is 3.14. The van der Waals surface area contributed by atoms with Gasteiger partial charge in [0.1, 0.15) is 12.6 Å². The van der Waals surface area contributed by atoms with E-state index in [-0.39, 0.29) is 0 Å². The van der Waals surface area contributed by atoms with Crippen molar-refractivity contribution in [1.29, 1.82) is 0 Å². The highest BCUT2D eigenvalue weighted by Crippen LogP contribution is 2.23. The molecule has 9 heteroatoms. The number of hydrogen-bond acceptors (Lipinski definition) is 8. The lowest BCUT2D eigenvalue weighted by molar-refractivity contribution is -0.341. The number of phosphoric ester groups is 1. The van der Waals surface area contributed by atoms with Gasteiger partial charge in [-0.05, 0) is 0 Å². The van der Waals surface area contributed by atoms with Crippen molar-refractivity contribution in [3.05, 3.63) is 0 Å². The molecule has 13 heavy (non-hydrogen) atoms. The van der Waals surface area contributed by atoms with Gasteiger partial charge in [0.05, 0.1) is 13.8 Å². The maximum Gasteiger partial charge on any atom is 0.181 e. The van der Waals surface area contributed by atoms with E-state index in [0.717, 1.165) is 0 Å². The van der Waals surface area contributed by atoms with E-state index in [0.29, 0.717) is 0 Å². The van der Waals surface area contributed by atoms with Gasteiger partial charge in [-0.1, -0.05) is 0 Å². The van der Waals surface area contributed by atoms with E-state index in [1.54, 1.807) is 0 Å². The van der Waals surface area contributed by atoms with Crippen molar-refractivity contribution in [2.45, 2.75) is 6.04 Å². The van der Waals surface area contributed by atoms with Crippen LogP contribution in [0, 0.1) is 0 Å². The largest absolute Gasteiger partial charge is 0.790 e. The van der Waals surface area contributed by atoms with Gasteiger partial charge in [-0.25, -0.2) is 0 Å². The maximum absolute atomic E-state index is 10.6. The average Bonchev–Trinajstić information content (AvgIpc) is 1.97. The molecule has 0 unspecified atom stereocenters. The van der Waals surface area contributed by atoms with E-state index in [4.69, 9.17) is 5.73 Å². The van der Waals surface area contributed by atoms with Gasteiger partial charge in [0.2, 0.25) is 0 Å². The van der Waals surface area contributed by atoms with Crippen LogP contribution < -0.4 is 20.6 Å². The monoisotopic (exact) mass is 210 g/mol. The van der Waals surface area contributed by atoms with Crippen molar-refractivity contribution >= 4 is 19.6 Å². The van der Waals surface area contributed by atoms with Crippen molar-refractivity contribution in [3.63, 3.8) is 0 Å². The van der Waals surface area contributed by atoms with Crippen molar-refractivity contribution in [2.24, 2.45) is 5.73 Å². The van der Waals surface area contributed by atoms with Gasteiger partial charge in [-0.2, -0.15) is 0 Å². The van der Waals surface area contributed by atoms with E-state index in [1.807, 2.05) is 0 Å². The zero-order chi connectivity index (χ0) is 10.6. The Morgan fingerprint density at radius 3 is 2.23 bits per heavy atom. The van der Waals surface area contributed by atoms with Crippen LogP contribution in [0.3, 0.4) is 0 Å². The molecule has 0 aromatic heterocycles. The van der Waals surface area contributed by atoms with E-state index < -0.39 is 32.2 Å². The van der Waals surface area contributed by atoms with Gasteiger partial charge < -0.3 is 34.5 Å². The van der Waals surface area contributed by atoms with Gasteiger partial charge in [0, 0.05) is 0 Å². The lowest BCUT2D eigenvalue weighted by Gasteiger charge is -2.28. The molecule has 0 aliphatic carbocycles. The predicted octanol–water partition coefficient (Wildman–Crippen LogP) is -4.52. The second kappa shape index (κ2) is 4.45. The normalized spacial score (nSPS) is 13.8. The molecular formula is C4H5NO7P-3. The Morgan fingerprint density at radius 1 is 1.46 bits per heavy atom. The van der Waals surface area contributed by atoms with Crippen molar-refractivity contribution in [2.75, 3.05) is 6.61 Å². The molecule has 2 N–H and O–H groups in total. The van der Waals surface area contributed by atoms with Crippen LogP contribution in [0.15, 0.2) is 0 Å². The summed E-state index contributed by atoms with van der Waals surface area (Å²) >= 11 is 0. The SMILES string of the molecule is N[C@H](C(=O)[O-])C(=O)COP(=O)([O-])[O-]. The van der Waals surface area contributed by atoms with Crippen LogP contribution in [0.4, 0.5) is 0 Å². The van der Waals surface area contributed by atoms with Crippen LogP contribution in [0.2, 0.25) is 0 Å². The molecule has 0 rings (SSSR count). The molecule has 0 radical (unpaired) electrons. The number of phosphoric acid groups is 1. The first-order valence-electron chi connectivity index (χ1n) is 2.90. The van der Waals surface area contributed by atoms with Crippen LogP contribution >= 0.6 is 7.82 Å². The molecule has 0 heterocycles. The van der Waals surface area contributed by atoms with Crippen molar-refractivity contribution in [3.8, 4) is 0 Å². The molecule has 0 aliphatic rings. The van der Waals surface area contributed by atoms with Crippen LogP contribution in [-0.2, 0) is 18.7 Å². The lowest BCUT2D eigenvalue weighted by Crippen LogP contribution is -2.48. The highest BCUT2D eigenvalue weighted by molar-refractivity contribution is 7.43. The van der Waals surface area contributed by atoms with Crippen LogP contribution in [0.25, 0.3) is 0 Å². The number of carboxylic acids is 1. The molecule has 8 nitrogen and oxygen atoms in total. The lowest BCUT2D eigenvalue weighted by atomic mass is 10.2. The van der Waals surface area contributed by atoms with Gasteiger partial charge in [0.25, 0.3) is 0 Å². The topological polar surface area (TPSA) is 156 Å². The number of rotatable bonds is 5. The highest BCUT2D eigenvalue weighted by Gasteiger charge is 2.14. The standard InChI is InChI=1S/C4H8NO7P/c5-3(4(7)8)2(6)1-12-13(9,10)11/h3H,1,5H2,(H,7,8)(H2,9,10,11)/p-3/t3-/m0/s1. The summed E-state index contributed by atoms with van der Waals surface area (Å²) in [5, 5.41) is 9.93. The average molecular weight is 210 g/mol. The fourth-order valence-electron chi connectivity index (χ4n) is 0.364. The Morgan fingerprint density at radius 2 is 1.92 bits per heavy atom. The first-order valence-corrected chi connectivity index (χ1v) is 4.36. The third kappa shape index (κ3) is 5.45. The van der Waals surface area contributed by atoms with Gasteiger partial charge in [-0.3, -0.25) is 4.79 Å². The molecule has 0 fully saturated rings. The number of nitrogens with two attached hydrogens (primary N) is 1. The minimum Gasteiger partial charge on any atom is -0.790 e. The van der Waals surface area contributed by atoms with Gasteiger partial charge in [0.15, 0.2) is 5.78 Å². The first-order chi connectivity index (χ1) is 5.74. The van der Waals surface area contributed by atoms with E-state index in [9.17, 15) is 29.0 Å². The number of carboxylic acid groups (broad SMARTS) is 1. The van der Waals surface area contributed by atoms with Crippen LogP contribution in [0.5, 0.6) is 0 Å². The zero-order valence-corrected chi connectivity index (χ0v) is 7.06. The second-order valence-electron chi connectivity index (χ2n) is 1.98. The molecule has 0 aromatic carbocycles. The number of carbonyl (C=O) groups is 2. The molecular weight excluding hydrogens is 205 g/mol. The minimum atomic E-state index is -5.28. The molecule has 0 spiro atoms. The Hall–Kier alpha value is -0.790. The molecule has 0 saturated carbocycles. The molecule has 0 aromatic rings. The Balaban J connectivity index is 4.03. The Bertz CT molecular complexity index is 257. The summed E-state index contributed by atoms with van der Waals surface area (Å²) in [4.78, 5) is 40.1.